The van der Waals surface area contributed by atoms with Gasteiger partial charge in [0.15, 0.2) is 0 Å². The van der Waals surface area contributed by atoms with Crippen LogP contribution >= 0.6 is 0 Å². The van der Waals surface area contributed by atoms with Crippen LogP contribution in [-0.4, -0.2) is 42.7 Å². The number of hydrogen-bond acceptors (Lipinski definition) is 1. The van der Waals surface area contributed by atoms with E-state index in [4.69, 9.17) is 5.11 Å². The maximum atomic E-state index is 10.7. The highest BCUT2D eigenvalue weighted by Gasteiger charge is 2.13. The smallest absolute Gasteiger partial charge is 0.330 e. The van der Waals surface area contributed by atoms with E-state index in [0.717, 1.165) is 17.4 Å². The molecule has 0 radical (unpaired) electrons. The summed E-state index contributed by atoms with van der Waals surface area (Å²) < 4.78 is 0.985. The van der Waals surface area contributed by atoms with Crippen molar-refractivity contribution in [1.29, 1.82) is 0 Å². The zero-order chi connectivity index (χ0) is 16.1. The molecule has 0 bridgehead atoms. The topological polar surface area (TPSA) is 37.3 Å². The highest BCUT2D eigenvalue weighted by Crippen LogP contribution is 2.11. The molecule has 0 aliphatic carbocycles. The van der Waals surface area contributed by atoms with E-state index >= 15 is 0 Å². The lowest BCUT2D eigenvalue weighted by molar-refractivity contribution is -0.890. The van der Waals surface area contributed by atoms with Crippen LogP contribution in [0.5, 0.6) is 0 Å². The molecule has 0 saturated carbocycles. The van der Waals surface area contributed by atoms with Gasteiger partial charge < -0.3 is 9.59 Å². The van der Waals surface area contributed by atoms with Crippen molar-refractivity contribution in [3.05, 3.63) is 11.6 Å². The number of rotatable bonds is 13. The second-order valence-corrected chi connectivity index (χ2v) is 6.84. The first kappa shape index (κ1) is 20.2. The minimum atomic E-state index is -0.802. The number of unbranched alkanes of at least 4 members (excludes halogenated alkanes) is 7. The van der Waals surface area contributed by atoms with E-state index in [2.05, 4.69) is 21.0 Å². The molecule has 0 aromatic carbocycles. The summed E-state index contributed by atoms with van der Waals surface area (Å²) in [4.78, 5) is 10.7. The molecule has 3 heteroatoms. The van der Waals surface area contributed by atoms with Gasteiger partial charge in [-0.3, -0.25) is 0 Å². The molecule has 0 unspecified atom stereocenters. The van der Waals surface area contributed by atoms with Crippen LogP contribution in [0.4, 0.5) is 0 Å². The van der Waals surface area contributed by atoms with E-state index in [1.54, 1.807) is 6.92 Å². The molecule has 124 valence electrons. The quantitative estimate of drug-likeness (QED) is 0.306. The van der Waals surface area contributed by atoms with Gasteiger partial charge in [-0.2, -0.15) is 0 Å². The number of nitrogens with zero attached hydrogens (tertiary/aromatic N) is 1. The van der Waals surface area contributed by atoms with Crippen LogP contribution in [0.3, 0.4) is 0 Å². The first-order valence-electron chi connectivity index (χ1n) is 8.61. The lowest BCUT2D eigenvalue weighted by Crippen LogP contribution is -2.41. The SMILES string of the molecule is CCCCCCCCCC[N+](C)(C)CCC=C(C)C(=O)O. The molecule has 0 heterocycles. The lowest BCUT2D eigenvalue weighted by atomic mass is 10.1. The Balaban J connectivity index is 3.64. The molecule has 0 saturated heterocycles. The van der Waals surface area contributed by atoms with Gasteiger partial charge in [-0.15, -0.1) is 0 Å². The third kappa shape index (κ3) is 12.6. The Morgan fingerprint density at radius 1 is 0.952 bits per heavy atom. The first-order chi connectivity index (χ1) is 9.89. The Morgan fingerprint density at radius 2 is 1.48 bits per heavy atom. The average molecular weight is 298 g/mol. The van der Waals surface area contributed by atoms with E-state index in [1.165, 1.54) is 57.9 Å². The summed E-state index contributed by atoms with van der Waals surface area (Å²) in [5.74, 6) is -0.802. The summed E-state index contributed by atoms with van der Waals surface area (Å²) in [5, 5.41) is 8.82. The van der Waals surface area contributed by atoms with Crippen LogP contribution in [0.1, 0.15) is 71.6 Å². The van der Waals surface area contributed by atoms with E-state index < -0.39 is 5.97 Å². The predicted molar refractivity (Wildman–Crippen MR) is 90.5 cm³/mol. The molecule has 0 atom stereocenters. The van der Waals surface area contributed by atoms with Crippen LogP contribution in [0.25, 0.3) is 0 Å². The fourth-order valence-corrected chi connectivity index (χ4v) is 2.50. The van der Waals surface area contributed by atoms with Crippen LogP contribution in [0.15, 0.2) is 11.6 Å². The van der Waals surface area contributed by atoms with E-state index in [-0.39, 0.29) is 0 Å². The van der Waals surface area contributed by atoms with Crippen molar-refractivity contribution in [2.75, 3.05) is 27.2 Å². The molecule has 0 spiro atoms. The highest BCUT2D eigenvalue weighted by atomic mass is 16.4. The molecule has 0 aromatic rings. The second kappa shape index (κ2) is 11.8. The third-order valence-corrected chi connectivity index (χ3v) is 4.14. The maximum Gasteiger partial charge on any atom is 0.330 e. The molecule has 0 amide bonds. The van der Waals surface area contributed by atoms with Gasteiger partial charge >= 0.3 is 5.97 Å². The minimum Gasteiger partial charge on any atom is -0.478 e. The fourth-order valence-electron chi connectivity index (χ4n) is 2.50. The van der Waals surface area contributed by atoms with Gasteiger partial charge in [-0.1, -0.05) is 51.5 Å². The van der Waals surface area contributed by atoms with Crippen molar-refractivity contribution >= 4 is 5.97 Å². The van der Waals surface area contributed by atoms with Crippen LogP contribution in [-0.2, 0) is 4.79 Å². The van der Waals surface area contributed by atoms with Gasteiger partial charge in [-0.25, -0.2) is 4.79 Å². The van der Waals surface area contributed by atoms with Crippen LogP contribution < -0.4 is 0 Å². The molecule has 1 N–H and O–H groups in total. The molecular formula is C18H36NO2+. The molecule has 0 aromatic heterocycles. The van der Waals surface area contributed by atoms with Gasteiger partial charge in [-0.05, 0) is 19.8 Å². The van der Waals surface area contributed by atoms with Gasteiger partial charge in [0.05, 0.1) is 27.2 Å². The Hall–Kier alpha value is -0.830. The van der Waals surface area contributed by atoms with Crippen molar-refractivity contribution < 1.29 is 14.4 Å². The van der Waals surface area contributed by atoms with Gasteiger partial charge in [0.25, 0.3) is 0 Å². The minimum absolute atomic E-state index is 0.460. The average Bonchev–Trinajstić information content (AvgIpc) is 2.41. The highest BCUT2D eigenvalue weighted by molar-refractivity contribution is 5.85. The second-order valence-electron chi connectivity index (χ2n) is 6.84. The molecule has 0 aliphatic heterocycles. The number of quaternary nitrogens is 1. The molecule has 21 heavy (non-hydrogen) atoms. The van der Waals surface area contributed by atoms with Crippen LogP contribution in [0.2, 0.25) is 0 Å². The lowest BCUT2D eigenvalue weighted by Gasteiger charge is -2.29. The fraction of sp³-hybridized carbons (Fsp3) is 0.833. The number of carboxylic acid groups (broad SMARTS) is 1. The van der Waals surface area contributed by atoms with Crippen molar-refractivity contribution in [3.63, 3.8) is 0 Å². The van der Waals surface area contributed by atoms with E-state index in [9.17, 15) is 4.79 Å². The number of aliphatic carboxylic acids is 1. The molecule has 0 rings (SSSR count). The largest absolute Gasteiger partial charge is 0.478 e. The first-order valence-corrected chi connectivity index (χ1v) is 8.61. The zero-order valence-electron chi connectivity index (χ0n) is 14.7. The summed E-state index contributed by atoms with van der Waals surface area (Å²) >= 11 is 0. The number of carbonyl (C=O) groups is 1. The Kier molecular flexibility index (Phi) is 11.3. The molecule has 0 aliphatic rings. The summed E-state index contributed by atoms with van der Waals surface area (Å²) in [6.45, 7) is 6.13. The standard InChI is InChI=1S/C18H35NO2/c1-5-6-7-8-9-10-11-12-15-19(3,4)16-13-14-17(2)18(20)21/h14H,5-13,15-16H2,1-4H3/p+1. The van der Waals surface area contributed by atoms with E-state index in [1.807, 2.05) is 6.08 Å². The summed E-state index contributed by atoms with van der Waals surface area (Å²) in [6.07, 6.45) is 13.5. The Bertz CT molecular complexity index is 308. The normalized spacial score (nSPS) is 12.7. The zero-order valence-corrected chi connectivity index (χ0v) is 14.7. The monoisotopic (exact) mass is 298 g/mol. The summed E-state index contributed by atoms with van der Waals surface area (Å²) in [7, 11) is 4.48. The van der Waals surface area contributed by atoms with Gasteiger partial charge in [0.2, 0.25) is 0 Å². The summed E-state index contributed by atoms with van der Waals surface area (Å²) in [5.41, 5.74) is 0.460. The molecule has 0 fully saturated rings. The van der Waals surface area contributed by atoms with Gasteiger partial charge in [0.1, 0.15) is 0 Å². The Labute approximate surface area is 131 Å². The third-order valence-electron chi connectivity index (χ3n) is 4.14. The van der Waals surface area contributed by atoms with Crippen LogP contribution in [0, 0.1) is 0 Å². The summed E-state index contributed by atoms with van der Waals surface area (Å²) in [6, 6.07) is 0. The predicted octanol–water partition coefficient (Wildman–Crippen LogP) is 4.62. The Morgan fingerprint density at radius 3 is 2.00 bits per heavy atom. The molecular weight excluding hydrogens is 262 g/mol. The van der Waals surface area contributed by atoms with Crippen molar-refractivity contribution in [3.8, 4) is 0 Å². The van der Waals surface area contributed by atoms with E-state index in [0.29, 0.717) is 5.57 Å². The van der Waals surface area contributed by atoms with Crippen molar-refractivity contribution in [2.24, 2.45) is 0 Å². The molecule has 3 nitrogen and oxygen atoms in total. The van der Waals surface area contributed by atoms with Crippen molar-refractivity contribution in [2.45, 2.75) is 71.6 Å². The maximum absolute atomic E-state index is 10.7. The van der Waals surface area contributed by atoms with Gasteiger partial charge in [0, 0.05) is 12.0 Å². The number of hydrogen-bond donors (Lipinski definition) is 1. The van der Waals surface area contributed by atoms with Crippen molar-refractivity contribution in [1.82, 2.24) is 0 Å². The number of carboxylic acids is 1.